The van der Waals surface area contributed by atoms with Gasteiger partial charge in [-0.15, -0.1) is 11.3 Å². The molecule has 1 unspecified atom stereocenters. The molecule has 3 aromatic rings. The lowest BCUT2D eigenvalue weighted by Gasteiger charge is -2.38. The van der Waals surface area contributed by atoms with E-state index in [0.717, 1.165) is 27.5 Å². The molecule has 1 aromatic carbocycles. The van der Waals surface area contributed by atoms with Crippen molar-refractivity contribution in [1.29, 1.82) is 0 Å². The number of benzene rings is 1. The number of aromatic nitrogens is 1. The first-order valence-electron chi connectivity index (χ1n) is 11.4. The van der Waals surface area contributed by atoms with E-state index in [0.29, 0.717) is 43.4 Å². The molecular weight excluding hydrogens is 492 g/mol. The van der Waals surface area contributed by atoms with Gasteiger partial charge in [-0.25, -0.2) is 13.4 Å². The highest BCUT2D eigenvalue weighted by molar-refractivity contribution is 7.91. The van der Waals surface area contributed by atoms with Crippen molar-refractivity contribution in [2.24, 2.45) is 5.92 Å². The summed E-state index contributed by atoms with van der Waals surface area (Å²) in [7, 11) is -1.87. The Morgan fingerprint density at radius 1 is 1.15 bits per heavy atom. The number of piperazine rings is 1. The predicted molar refractivity (Wildman–Crippen MR) is 136 cm³/mol. The zero-order valence-electron chi connectivity index (χ0n) is 19.3. The second kappa shape index (κ2) is 9.44. The van der Waals surface area contributed by atoms with Gasteiger partial charge in [0, 0.05) is 39.3 Å². The van der Waals surface area contributed by atoms with Crippen LogP contribution in [0.3, 0.4) is 0 Å². The number of hydrogen-bond donors (Lipinski definition) is 0. The van der Waals surface area contributed by atoms with Gasteiger partial charge < -0.3 is 14.5 Å². The van der Waals surface area contributed by atoms with Crippen molar-refractivity contribution < 1.29 is 17.9 Å². The van der Waals surface area contributed by atoms with E-state index in [1.165, 1.54) is 21.2 Å². The molecule has 0 spiro atoms. The summed E-state index contributed by atoms with van der Waals surface area (Å²) in [4.78, 5) is 22.2. The minimum Gasteiger partial charge on any atom is -0.494 e. The van der Waals surface area contributed by atoms with Gasteiger partial charge in [0.2, 0.25) is 5.91 Å². The van der Waals surface area contributed by atoms with Crippen LogP contribution in [-0.2, 0) is 14.8 Å². The van der Waals surface area contributed by atoms with Crippen molar-refractivity contribution in [2.45, 2.75) is 24.0 Å². The number of carbonyl (C=O) groups excluding carboxylic acids is 1. The lowest BCUT2D eigenvalue weighted by molar-refractivity contribution is -0.137. The molecule has 182 valence electrons. The molecule has 1 amide bonds. The topological polar surface area (TPSA) is 83.0 Å². The van der Waals surface area contributed by atoms with Gasteiger partial charge in [-0.3, -0.25) is 4.79 Å². The monoisotopic (exact) mass is 520 g/mol. The molecule has 1 atom stereocenters. The Labute approximate surface area is 207 Å². The molecule has 34 heavy (non-hydrogen) atoms. The van der Waals surface area contributed by atoms with Crippen LogP contribution in [0.5, 0.6) is 5.75 Å². The van der Waals surface area contributed by atoms with E-state index in [9.17, 15) is 13.2 Å². The summed E-state index contributed by atoms with van der Waals surface area (Å²) in [5.41, 5.74) is 2.06. The molecule has 8 nitrogen and oxygen atoms in total. The maximum atomic E-state index is 13.3. The molecule has 0 bridgehead atoms. The van der Waals surface area contributed by atoms with Crippen molar-refractivity contribution >= 4 is 54.0 Å². The van der Waals surface area contributed by atoms with Crippen LogP contribution < -0.4 is 9.64 Å². The van der Waals surface area contributed by atoms with Crippen LogP contribution in [0.15, 0.2) is 33.9 Å². The van der Waals surface area contributed by atoms with Crippen LogP contribution in [-0.4, -0.2) is 74.9 Å². The number of nitrogens with zero attached hydrogens (tertiary/aromatic N) is 4. The molecule has 2 aromatic heterocycles. The van der Waals surface area contributed by atoms with Gasteiger partial charge >= 0.3 is 0 Å². The zero-order valence-corrected chi connectivity index (χ0v) is 21.7. The van der Waals surface area contributed by atoms with Crippen LogP contribution in [0.25, 0.3) is 10.2 Å². The summed E-state index contributed by atoms with van der Waals surface area (Å²) in [6, 6.07) is 7.37. The van der Waals surface area contributed by atoms with Gasteiger partial charge in [-0.2, -0.15) is 4.31 Å². The number of thiophene rings is 1. The molecule has 0 saturated carbocycles. The number of piperidine rings is 1. The minimum absolute atomic E-state index is 0.0625. The number of ether oxygens (including phenoxy) is 1. The van der Waals surface area contributed by atoms with Crippen molar-refractivity contribution in [3.05, 3.63) is 35.2 Å². The number of fused-ring (bicyclic) bond motifs is 1. The summed E-state index contributed by atoms with van der Waals surface area (Å²) in [6.45, 7) is 5.44. The number of thiazole rings is 1. The fraction of sp³-hybridized carbons (Fsp3) is 0.478. The molecule has 2 fully saturated rings. The standard InChI is InChI=1S/C23H28N4O4S3/c1-16-7-8-18(31-2)20-21(16)33-23(24-20)26-12-10-25(11-13-26)22(28)17-5-3-9-27(15-17)34(29,30)19-6-4-14-32-19/h4,6-8,14,17H,3,5,9-13,15H2,1-2H3. The minimum atomic E-state index is -3.53. The molecule has 2 aliphatic rings. The van der Waals surface area contributed by atoms with E-state index >= 15 is 0 Å². The van der Waals surface area contributed by atoms with Gasteiger partial charge in [0.1, 0.15) is 15.5 Å². The number of methoxy groups -OCH3 is 1. The molecule has 0 N–H and O–H groups in total. The highest BCUT2D eigenvalue weighted by atomic mass is 32.2. The Balaban J connectivity index is 1.24. The molecular formula is C23H28N4O4S3. The fourth-order valence-electron chi connectivity index (χ4n) is 4.67. The van der Waals surface area contributed by atoms with Crippen LogP contribution in [0.1, 0.15) is 18.4 Å². The van der Waals surface area contributed by atoms with Gasteiger partial charge in [0.05, 0.1) is 17.7 Å². The van der Waals surface area contributed by atoms with Crippen molar-refractivity contribution in [2.75, 3.05) is 51.3 Å². The molecule has 2 saturated heterocycles. The molecule has 0 radical (unpaired) electrons. The highest BCUT2D eigenvalue weighted by Gasteiger charge is 2.36. The van der Waals surface area contributed by atoms with E-state index in [2.05, 4.69) is 11.8 Å². The van der Waals surface area contributed by atoms with Crippen molar-refractivity contribution in [3.63, 3.8) is 0 Å². The number of aryl methyl sites for hydroxylation is 1. The Morgan fingerprint density at radius 2 is 1.94 bits per heavy atom. The number of anilines is 1. The second-order valence-electron chi connectivity index (χ2n) is 8.71. The predicted octanol–water partition coefficient (Wildman–Crippen LogP) is 3.42. The van der Waals surface area contributed by atoms with Crippen molar-refractivity contribution in [3.8, 4) is 5.75 Å². The molecule has 0 aliphatic carbocycles. The first-order chi connectivity index (χ1) is 16.4. The highest BCUT2D eigenvalue weighted by Crippen LogP contribution is 2.37. The third kappa shape index (κ3) is 4.30. The van der Waals surface area contributed by atoms with E-state index in [1.54, 1.807) is 36.0 Å². The van der Waals surface area contributed by atoms with Gasteiger partial charge in [0.25, 0.3) is 10.0 Å². The van der Waals surface area contributed by atoms with Gasteiger partial charge in [0.15, 0.2) is 5.13 Å². The number of sulfonamides is 1. The lowest BCUT2D eigenvalue weighted by atomic mass is 9.98. The average molecular weight is 521 g/mol. The van der Waals surface area contributed by atoms with Crippen molar-refractivity contribution in [1.82, 2.24) is 14.2 Å². The molecule has 2 aliphatic heterocycles. The SMILES string of the molecule is COc1ccc(C)c2sc(N3CCN(C(=O)C4CCCN(S(=O)(=O)c5cccs5)C4)CC3)nc12. The summed E-state index contributed by atoms with van der Waals surface area (Å²) in [6.07, 6.45) is 1.43. The largest absolute Gasteiger partial charge is 0.494 e. The Bertz CT molecular complexity index is 1280. The average Bonchev–Trinajstić information content (AvgIpc) is 3.56. The Hall–Kier alpha value is -2.21. The summed E-state index contributed by atoms with van der Waals surface area (Å²) >= 11 is 2.88. The van der Waals surface area contributed by atoms with E-state index in [1.807, 2.05) is 17.0 Å². The smallest absolute Gasteiger partial charge is 0.252 e. The Kier molecular flexibility index (Phi) is 6.54. The van der Waals surface area contributed by atoms with E-state index < -0.39 is 10.0 Å². The first-order valence-corrected chi connectivity index (χ1v) is 14.5. The Morgan fingerprint density at radius 3 is 2.65 bits per heavy atom. The quantitative estimate of drug-likeness (QED) is 0.513. The number of rotatable bonds is 5. The van der Waals surface area contributed by atoms with Crippen LogP contribution in [0.2, 0.25) is 0 Å². The van der Waals surface area contributed by atoms with Gasteiger partial charge in [-0.1, -0.05) is 23.5 Å². The van der Waals surface area contributed by atoms with E-state index in [4.69, 9.17) is 9.72 Å². The summed E-state index contributed by atoms with van der Waals surface area (Å²) in [5, 5.41) is 2.71. The molecule has 4 heterocycles. The van der Waals surface area contributed by atoms with Crippen LogP contribution >= 0.6 is 22.7 Å². The third-order valence-corrected chi connectivity index (χ3v) is 11.1. The molecule has 11 heteroatoms. The second-order valence-corrected chi connectivity index (χ2v) is 12.8. The number of carbonyl (C=O) groups is 1. The van der Waals surface area contributed by atoms with Crippen LogP contribution in [0.4, 0.5) is 5.13 Å². The number of amides is 1. The summed E-state index contributed by atoms with van der Waals surface area (Å²) < 4.78 is 34.3. The number of hydrogen-bond acceptors (Lipinski definition) is 8. The van der Waals surface area contributed by atoms with Gasteiger partial charge in [-0.05, 0) is 42.8 Å². The zero-order chi connectivity index (χ0) is 23.9. The maximum absolute atomic E-state index is 13.3. The van der Waals surface area contributed by atoms with Crippen LogP contribution in [0, 0.1) is 12.8 Å². The summed E-state index contributed by atoms with van der Waals surface area (Å²) in [5.74, 6) is 0.549. The third-order valence-electron chi connectivity index (χ3n) is 6.60. The maximum Gasteiger partial charge on any atom is 0.252 e. The normalized spacial score (nSPS) is 20.1. The fourth-order valence-corrected chi connectivity index (χ4v) is 8.45. The lowest BCUT2D eigenvalue weighted by Crippen LogP contribution is -2.53. The molecule has 5 rings (SSSR count). The first kappa shape index (κ1) is 23.5. The van der Waals surface area contributed by atoms with E-state index in [-0.39, 0.29) is 18.4 Å².